The van der Waals surface area contributed by atoms with Gasteiger partial charge in [-0.1, -0.05) is 30.3 Å². The largest absolute Gasteiger partial charge is 0.366 e. The summed E-state index contributed by atoms with van der Waals surface area (Å²) in [6.45, 7) is 3.96. The fourth-order valence-electron chi connectivity index (χ4n) is 1.91. The van der Waals surface area contributed by atoms with Crippen LogP contribution >= 0.6 is 0 Å². The Bertz CT molecular complexity index is 576. The minimum absolute atomic E-state index is 0.0669. The summed E-state index contributed by atoms with van der Waals surface area (Å²) in [5.41, 5.74) is 6.29. The first-order valence-electron chi connectivity index (χ1n) is 6.51. The average molecular weight is 273 g/mol. The fraction of sp³-hybridized carbons (Fsp3) is 0.357. The smallest absolute Gasteiger partial charge is 0.289 e. The second kappa shape index (κ2) is 5.73. The monoisotopic (exact) mass is 273 g/mol. The van der Waals surface area contributed by atoms with Gasteiger partial charge in [-0.3, -0.25) is 9.89 Å². The van der Waals surface area contributed by atoms with Crippen molar-refractivity contribution in [3.8, 4) is 0 Å². The van der Waals surface area contributed by atoms with Gasteiger partial charge in [0.2, 0.25) is 11.8 Å². The summed E-state index contributed by atoms with van der Waals surface area (Å²) < 4.78 is 0. The summed E-state index contributed by atoms with van der Waals surface area (Å²) in [5.74, 6) is -0.0974. The van der Waals surface area contributed by atoms with Gasteiger partial charge in [0, 0.05) is 5.54 Å². The number of benzene rings is 1. The van der Waals surface area contributed by atoms with Crippen LogP contribution in [0, 0.1) is 0 Å². The van der Waals surface area contributed by atoms with E-state index in [1.807, 2.05) is 32.0 Å². The molecule has 0 unspecified atom stereocenters. The van der Waals surface area contributed by atoms with Crippen LogP contribution in [0.4, 0.5) is 5.95 Å². The lowest BCUT2D eigenvalue weighted by Gasteiger charge is -2.25. The Labute approximate surface area is 117 Å². The summed E-state index contributed by atoms with van der Waals surface area (Å²) in [5, 5.41) is 9.07. The van der Waals surface area contributed by atoms with E-state index in [0.717, 1.165) is 12.8 Å². The van der Waals surface area contributed by atoms with Crippen molar-refractivity contribution >= 4 is 11.9 Å². The van der Waals surface area contributed by atoms with Gasteiger partial charge >= 0.3 is 0 Å². The van der Waals surface area contributed by atoms with Crippen molar-refractivity contribution in [1.82, 2.24) is 20.5 Å². The van der Waals surface area contributed by atoms with Crippen molar-refractivity contribution in [2.45, 2.75) is 32.2 Å². The van der Waals surface area contributed by atoms with Crippen molar-refractivity contribution in [2.75, 3.05) is 5.73 Å². The number of aryl methyl sites for hydroxylation is 1. The molecule has 6 heteroatoms. The number of nitrogens with zero attached hydrogens (tertiary/aromatic N) is 2. The van der Waals surface area contributed by atoms with E-state index in [2.05, 4.69) is 32.6 Å². The minimum atomic E-state index is -0.339. The van der Waals surface area contributed by atoms with Crippen molar-refractivity contribution in [1.29, 1.82) is 0 Å². The Morgan fingerprint density at radius 2 is 2.05 bits per heavy atom. The summed E-state index contributed by atoms with van der Waals surface area (Å²) >= 11 is 0. The lowest BCUT2D eigenvalue weighted by Crippen LogP contribution is -2.44. The SMILES string of the molecule is CC(C)(CCc1ccccc1)NC(=O)c1nc(N)n[nH]1. The second-order valence-electron chi connectivity index (χ2n) is 5.37. The molecule has 0 spiro atoms. The first-order valence-corrected chi connectivity index (χ1v) is 6.51. The van der Waals surface area contributed by atoms with E-state index in [-0.39, 0.29) is 23.2 Å². The molecule has 0 aliphatic carbocycles. The van der Waals surface area contributed by atoms with Crippen LogP contribution in [-0.2, 0) is 6.42 Å². The van der Waals surface area contributed by atoms with Crippen LogP contribution < -0.4 is 11.1 Å². The zero-order valence-electron chi connectivity index (χ0n) is 11.7. The van der Waals surface area contributed by atoms with Crippen LogP contribution in [0.1, 0.15) is 36.5 Å². The highest BCUT2D eigenvalue weighted by molar-refractivity contribution is 5.91. The average Bonchev–Trinajstić information content (AvgIpc) is 2.84. The van der Waals surface area contributed by atoms with E-state index in [9.17, 15) is 4.79 Å². The van der Waals surface area contributed by atoms with Crippen molar-refractivity contribution in [3.63, 3.8) is 0 Å². The molecule has 0 aliphatic heterocycles. The normalized spacial score (nSPS) is 11.3. The number of nitrogens with two attached hydrogens (primary N) is 1. The molecular formula is C14H19N5O. The van der Waals surface area contributed by atoms with E-state index < -0.39 is 0 Å². The highest BCUT2D eigenvalue weighted by Crippen LogP contribution is 2.14. The Kier molecular flexibility index (Phi) is 4.02. The van der Waals surface area contributed by atoms with Gasteiger partial charge in [-0.15, -0.1) is 5.10 Å². The number of aromatic amines is 1. The number of H-pyrrole nitrogens is 1. The predicted molar refractivity (Wildman–Crippen MR) is 77.1 cm³/mol. The highest BCUT2D eigenvalue weighted by atomic mass is 16.2. The Morgan fingerprint density at radius 1 is 1.35 bits per heavy atom. The molecule has 106 valence electrons. The second-order valence-corrected chi connectivity index (χ2v) is 5.37. The maximum absolute atomic E-state index is 12.0. The first kappa shape index (κ1) is 14.0. The standard InChI is InChI=1S/C14H19N5O/c1-14(2,9-8-10-6-4-3-5-7-10)17-12(20)11-16-13(15)19-18-11/h3-7H,8-9H2,1-2H3,(H,17,20)(H3,15,16,18,19). The molecular weight excluding hydrogens is 254 g/mol. The van der Waals surface area contributed by atoms with Crippen LogP contribution in [0.15, 0.2) is 30.3 Å². The fourth-order valence-corrected chi connectivity index (χ4v) is 1.91. The van der Waals surface area contributed by atoms with Gasteiger partial charge in [-0.05, 0) is 32.3 Å². The molecule has 0 radical (unpaired) electrons. The van der Waals surface area contributed by atoms with E-state index in [4.69, 9.17) is 5.73 Å². The van der Waals surface area contributed by atoms with Crippen molar-refractivity contribution < 1.29 is 4.79 Å². The molecule has 1 aromatic carbocycles. The number of hydrogen-bond acceptors (Lipinski definition) is 4. The number of amides is 1. The lowest BCUT2D eigenvalue weighted by molar-refractivity contribution is 0.0899. The molecule has 0 saturated heterocycles. The van der Waals surface area contributed by atoms with Crippen molar-refractivity contribution in [2.24, 2.45) is 0 Å². The summed E-state index contributed by atoms with van der Waals surface area (Å²) in [6.07, 6.45) is 1.72. The topological polar surface area (TPSA) is 96.7 Å². The maximum Gasteiger partial charge on any atom is 0.289 e. The molecule has 0 aliphatic rings. The summed E-state index contributed by atoms with van der Waals surface area (Å²) in [6, 6.07) is 10.2. The molecule has 1 aromatic heterocycles. The highest BCUT2D eigenvalue weighted by Gasteiger charge is 2.22. The number of aromatic nitrogens is 3. The van der Waals surface area contributed by atoms with Gasteiger partial charge < -0.3 is 11.1 Å². The van der Waals surface area contributed by atoms with E-state index in [1.165, 1.54) is 5.56 Å². The predicted octanol–water partition coefficient (Wildman–Crippen LogP) is 1.53. The van der Waals surface area contributed by atoms with Gasteiger partial charge in [-0.25, -0.2) is 0 Å². The van der Waals surface area contributed by atoms with Gasteiger partial charge in [0.25, 0.3) is 5.91 Å². The molecule has 0 fully saturated rings. The summed E-state index contributed by atoms with van der Waals surface area (Å²) in [7, 11) is 0. The number of carbonyl (C=O) groups is 1. The number of nitrogen functional groups attached to an aromatic ring is 1. The third-order valence-electron chi connectivity index (χ3n) is 3.05. The molecule has 2 rings (SSSR count). The van der Waals surface area contributed by atoms with Gasteiger partial charge in [0.05, 0.1) is 0 Å². The van der Waals surface area contributed by atoms with E-state index in [1.54, 1.807) is 0 Å². The van der Waals surface area contributed by atoms with Crippen LogP contribution in [-0.4, -0.2) is 26.6 Å². The van der Waals surface area contributed by atoms with Crippen molar-refractivity contribution in [3.05, 3.63) is 41.7 Å². The number of anilines is 1. The molecule has 6 nitrogen and oxygen atoms in total. The Balaban J connectivity index is 1.92. The zero-order valence-corrected chi connectivity index (χ0v) is 11.7. The third kappa shape index (κ3) is 3.81. The molecule has 20 heavy (non-hydrogen) atoms. The molecule has 4 N–H and O–H groups in total. The maximum atomic E-state index is 12.0. The molecule has 0 saturated carbocycles. The van der Waals surface area contributed by atoms with Crippen LogP contribution in [0.25, 0.3) is 0 Å². The molecule has 2 aromatic rings. The van der Waals surface area contributed by atoms with Gasteiger partial charge in [0.1, 0.15) is 0 Å². The minimum Gasteiger partial charge on any atom is -0.366 e. The van der Waals surface area contributed by atoms with Gasteiger partial charge in [0.15, 0.2) is 0 Å². The molecule has 1 amide bonds. The zero-order chi connectivity index (χ0) is 14.6. The number of carbonyl (C=O) groups excluding carboxylic acids is 1. The van der Waals surface area contributed by atoms with E-state index in [0.29, 0.717) is 0 Å². The van der Waals surface area contributed by atoms with Gasteiger partial charge in [-0.2, -0.15) is 4.98 Å². The number of nitrogens with one attached hydrogen (secondary N) is 2. The van der Waals surface area contributed by atoms with Crippen LogP contribution in [0.5, 0.6) is 0 Å². The van der Waals surface area contributed by atoms with Crippen LogP contribution in [0.3, 0.4) is 0 Å². The molecule has 0 atom stereocenters. The molecule has 1 heterocycles. The van der Waals surface area contributed by atoms with E-state index >= 15 is 0 Å². The van der Waals surface area contributed by atoms with Crippen LogP contribution in [0.2, 0.25) is 0 Å². The Hall–Kier alpha value is -2.37. The third-order valence-corrected chi connectivity index (χ3v) is 3.05. The first-order chi connectivity index (χ1) is 9.46. The summed E-state index contributed by atoms with van der Waals surface area (Å²) in [4.78, 5) is 15.8. The molecule has 0 bridgehead atoms. The Morgan fingerprint density at radius 3 is 2.65 bits per heavy atom. The lowest BCUT2D eigenvalue weighted by atomic mass is 9.95. The quantitative estimate of drug-likeness (QED) is 0.769. The number of hydrogen-bond donors (Lipinski definition) is 3. The number of rotatable bonds is 5.